The van der Waals surface area contributed by atoms with Gasteiger partial charge in [-0.25, -0.2) is 9.98 Å². The Balaban J connectivity index is 2.10. The van der Waals surface area contributed by atoms with E-state index in [4.69, 9.17) is 5.73 Å². The van der Waals surface area contributed by atoms with E-state index in [1.165, 1.54) is 25.7 Å². The molecule has 0 spiro atoms. The molecule has 1 aliphatic heterocycles. The summed E-state index contributed by atoms with van der Waals surface area (Å²) in [5.74, 6) is 0.792. The molecule has 92 valence electrons. The van der Waals surface area contributed by atoms with E-state index in [2.05, 4.69) is 21.8 Å². The second kappa shape index (κ2) is 3.48. The van der Waals surface area contributed by atoms with Crippen LogP contribution in [0.4, 0.5) is 0 Å². The van der Waals surface area contributed by atoms with Crippen molar-refractivity contribution in [2.45, 2.75) is 38.1 Å². The maximum Gasteiger partial charge on any atom is 0.160 e. The van der Waals surface area contributed by atoms with E-state index in [0.717, 1.165) is 16.7 Å². The van der Waals surface area contributed by atoms with Crippen LogP contribution in [0.15, 0.2) is 11.3 Å². The van der Waals surface area contributed by atoms with Gasteiger partial charge in [-0.2, -0.15) is 0 Å². The number of rotatable bonds is 1. The van der Waals surface area contributed by atoms with Crippen LogP contribution in [-0.2, 0) is 7.05 Å². The largest absolute Gasteiger partial charge is 0.383 e. The normalized spacial score (nSPS) is 22.5. The minimum Gasteiger partial charge on any atom is -0.383 e. The third-order valence-electron chi connectivity index (χ3n) is 4.13. The van der Waals surface area contributed by atoms with E-state index in [1.807, 2.05) is 11.6 Å². The molecule has 1 aromatic rings. The lowest BCUT2D eigenvalue weighted by molar-refractivity contribution is 0.179. The highest BCUT2D eigenvalue weighted by atomic mass is 15.3. The van der Waals surface area contributed by atoms with Crippen molar-refractivity contribution in [2.24, 2.45) is 17.8 Å². The summed E-state index contributed by atoms with van der Waals surface area (Å²) in [4.78, 5) is 11.2. The number of hydrogen-bond acceptors (Lipinski definition) is 4. The molecule has 0 saturated heterocycles. The molecule has 2 heterocycles. The molecule has 0 amide bonds. The first-order valence-electron chi connectivity index (χ1n) is 6.21. The zero-order valence-electron chi connectivity index (χ0n) is 10.5. The minimum absolute atomic E-state index is 0.169. The average Bonchev–Trinajstić information content (AvgIpc) is 2.88. The van der Waals surface area contributed by atoms with Gasteiger partial charge in [-0.05, 0) is 19.8 Å². The SMILES string of the molecule is Cn1cnc2c1=NCN(C1(C)CCCC1)C=2N. The topological polar surface area (TPSA) is 59.4 Å². The smallest absolute Gasteiger partial charge is 0.160 e. The summed E-state index contributed by atoms with van der Waals surface area (Å²) in [6.07, 6.45) is 6.75. The lowest BCUT2D eigenvalue weighted by Crippen LogP contribution is -2.53. The van der Waals surface area contributed by atoms with Crippen molar-refractivity contribution in [1.29, 1.82) is 0 Å². The van der Waals surface area contributed by atoms with Gasteiger partial charge in [0.15, 0.2) is 5.49 Å². The summed E-state index contributed by atoms with van der Waals surface area (Å²) in [5.41, 5.74) is 7.35. The van der Waals surface area contributed by atoms with Crippen molar-refractivity contribution in [3.63, 3.8) is 0 Å². The molecule has 5 nitrogen and oxygen atoms in total. The lowest BCUT2D eigenvalue weighted by Gasteiger charge is -2.39. The van der Waals surface area contributed by atoms with Crippen LogP contribution in [0, 0.1) is 0 Å². The predicted molar refractivity (Wildman–Crippen MR) is 65.2 cm³/mol. The lowest BCUT2D eigenvalue weighted by atomic mass is 9.98. The fraction of sp³-hybridized carbons (Fsp3) is 0.667. The average molecular weight is 233 g/mol. The van der Waals surface area contributed by atoms with Crippen LogP contribution in [0.1, 0.15) is 32.6 Å². The monoisotopic (exact) mass is 233 g/mol. The van der Waals surface area contributed by atoms with Gasteiger partial charge in [-0.15, -0.1) is 0 Å². The van der Waals surface area contributed by atoms with E-state index in [0.29, 0.717) is 6.67 Å². The molecule has 17 heavy (non-hydrogen) atoms. The van der Waals surface area contributed by atoms with Gasteiger partial charge in [-0.1, -0.05) is 12.8 Å². The van der Waals surface area contributed by atoms with Crippen molar-refractivity contribution in [3.8, 4) is 0 Å². The quantitative estimate of drug-likeness (QED) is 0.722. The Morgan fingerprint density at radius 2 is 2.06 bits per heavy atom. The van der Waals surface area contributed by atoms with E-state index < -0.39 is 0 Å². The standard InChI is InChI=1S/C12H19N5/c1-12(5-3-4-6-12)17-8-15-11-9(10(17)13)14-7-16(11)2/h7H,3-6,8,13H2,1-2H3. The van der Waals surface area contributed by atoms with Crippen LogP contribution in [0.3, 0.4) is 0 Å². The zero-order valence-corrected chi connectivity index (χ0v) is 10.5. The van der Waals surface area contributed by atoms with Gasteiger partial charge in [0, 0.05) is 12.6 Å². The molecule has 2 aliphatic rings. The third-order valence-corrected chi connectivity index (χ3v) is 4.13. The Bertz CT molecular complexity index is 550. The van der Waals surface area contributed by atoms with Gasteiger partial charge in [0.2, 0.25) is 0 Å². The van der Waals surface area contributed by atoms with E-state index in [1.54, 1.807) is 6.33 Å². The molecule has 0 atom stereocenters. The Morgan fingerprint density at radius 1 is 1.35 bits per heavy atom. The highest BCUT2D eigenvalue weighted by Gasteiger charge is 2.36. The van der Waals surface area contributed by atoms with Gasteiger partial charge < -0.3 is 15.2 Å². The molecular weight excluding hydrogens is 214 g/mol. The first kappa shape index (κ1) is 10.6. The highest BCUT2D eigenvalue weighted by molar-refractivity contribution is 5.38. The Morgan fingerprint density at radius 3 is 2.76 bits per heavy atom. The molecule has 0 bridgehead atoms. The van der Waals surface area contributed by atoms with Crippen molar-refractivity contribution in [2.75, 3.05) is 6.67 Å². The summed E-state index contributed by atoms with van der Waals surface area (Å²) in [5, 5.41) is 0.840. The first-order valence-corrected chi connectivity index (χ1v) is 6.21. The molecule has 5 heteroatoms. The molecule has 1 fully saturated rings. The molecule has 1 aliphatic carbocycles. The summed E-state index contributed by atoms with van der Waals surface area (Å²) < 4.78 is 1.93. The molecule has 3 rings (SSSR count). The van der Waals surface area contributed by atoms with Gasteiger partial charge in [-0.3, -0.25) is 0 Å². The Hall–Kier alpha value is -1.52. The number of fused-ring (bicyclic) bond motifs is 1. The van der Waals surface area contributed by atoms with Gasteiger partial charge in [0.05, 0.1) is 6.33 Å². The van der Waals surface area contributed by atoms with Crippen molar-refractivity contribution in [1.82, 2.24) is 14.5 Å². The molecule has 1 aromatic heterocycles. The molecule has 0 unspecified atom stereocenters. The molecule has 0 radical (unpaired) electrons. The Kier molecular flexibility index (Phi) is 2.18. The van der Waals surface area contributed by atoms with Crippen LogP contribution in [0.2, 0.25) is 0 Å². The van der Waals surface area contributed by atoms with Gasteiger partial charge in [0.25, 0.3) is 0 Å². The number of hydrogen-bond donors (Lipinski definition) is 1. The van der Waals surface area contributed by atoms with Gasteiger partial charge >= 0.3 is 0 Å². The second-order valence-corrected chi connectivity index (χ2v) is 5.34. The number of aromatic nitrogens is 2. The van der Waals surface area contributed by atoms with Crippen LogP contribution in [0.25, 0.3) is 5.82 Å². The summed E-state index contributed by atoms with van der Waals surface area (Å²) in [7, 11) is 1.95. The molecule has 0 aromatic carbocycles. The number of nitrogens with two attached hydrogens (primary N) is 1. The summed E-state index contributed by atoms with van der Waals surface area (Å²) >= 11 is 0. The maximum atomic E-state index is 6.28. The van der Waals surface area contributed by atoms with Crippen LogP contribution in [0.5, 0.6) is 0 Å². The third kappa shape index (κ3) is 1.45. The van der Waals surface area contributed by atoms with Gasteiger partial charge in [0.1, 0.15) is 17.8 Å². The number of aryl methyl sites for hydroxylation is 1. The van der Waals surface area contributed by atoms with Crippen molar-refractivity contribution < 1.29 is 0 Å². The van der Waals surface area contributed by atoms with E-state index in [-0.39, 0.29) is 5.54 Å². The second-order valence-electron chi connectivity index (χ2n) is 5.34. The Labute approximate surface area is 101 Å². The fourth-order valence-electron chi connectivity index (χ4n) is 3.00. The van der Waals surface area contributed by atoms with Crippen molar-refractivity contribution in [3.05, 3.63) is 17.2 Å². The summed E-state index contributed by atoms with van der Waals surface area (Å²) in [6, 6.07) is 0. The van der Waals surface area contributed by atoms with Crippen LogP contribution < -0.4 is 16.6 Å². The van der Waals surface area contributed by atoms with Crippen LogP contribution >= 0.6 is 0 Å². The summed E-state index contributed by atoms with van der Waals surface area (Å²) in [6.45, 7) is 2.95. The fourth-order valence-corrected chi connectivity index (χ4v) is 3.00. The molecular formula is C12H19N5. The highest BCUT2D eigenvalue weighted by Crippen LogP contribution is 2.36. The molecule has 1 saturated carbocycles. The molecule has 2 N–H and O–H groups in total. The predicted octanol–water partition coefficient (Wildman–Crippen LogP) is -0.330. The van der Waals surface area contributed by atoms with E-state index >= 15 is 0 Å². The zero-order chi connectivity index (χ0) is 12.0. The van der Waals surface area contributed by atoms with Crippen molar-refractivity contribution >= 4 is 5.82 Å². The number of imidazole rings is 1. The maximum absolute atomic E-state index is 6.28. The minimum atomic E-state index is 0.169. The first-order chi connectivity index (χ1) is 8.12. The van der Waals surface area contributed by atoms with E-state index in [9.17, 15) is 0 Å². The number of nitrogens with zero attached hydrogens (tertiary/aromatic N) is 4. The van der Waals surface area contributed by atoms with Crippen LogP contribution in [-0.4, -0.2) is 26.7 Å².